The molecular weight excluding hydrogens is 548 g/mol. The summed E-state index contributed by atoms with van der Waals surface area (Å²) < 4.78 is 11.1. The van der Waals surface area contributed by atoms with E-state index in [0.717, 1.165) is 26.7 Å². The summed E-state index contributed by atoms with van der Waals surface area (Å²) in [5.41, 5.74) is 2.89. The van der Waals surface area contributed by atoms with E-state index in [-0.39, 0.29) is 18.4 Å². The van der Waals surface area contributed by atoms with Gasteiger partial charge in [0.25, 0.3) is 0 Å². The number of amides is 1. The van der Waals surface area contributed by atoms with Crippen LogP contribution in [0, 0.1) is 0 Å². The van der Waals surface area contributed by atoms with Crippen LogP contribution in [0.5, 0.6) is 5.75 Å². The van der Waals surface area contributed by atoms with Gasteiger partial charge in [-0.3, -0.25) is 9.69 Å². The lowest BCUT2D eigenvalue weighted by Gasteiger charge is -2.37. The van der Waals surface area contributed by atoms with E-state index in [1.807, 2.05) is 102 Å². The summed E-state index contributed by atoms with van der Waals surface area (Å²) in [5, 5.41) is 20.7. The van der Waals surface area contributed by atoms with Crippen LogP contribution in [-0.2, 0) is 16.1 Å². The molecule has 1 N–H and O–H groups in total. The molecule has 1 fully saturated rings. The maximum Gasteiger partial charge on any atom is 0.234 e. The van der Waals surface area contributed by atoms with Gasteiger partial charge in [-0.15, -0.1) is 10.2 Å². The average molecular weight is 585 g/mol. The van der Waals surface area contributed by atoms with Gasteiger partial charge in [0.1, 0.15) is 28.5 Å². The molecule has 4 aromatic rings. The summed E-state index contributed by atoms with van der Waals surface area (Å²) in [7, 11) is 1.63. The molecule has 1 atom stereocenters. The Kier molecular flexibility index (Phi) is 10.5. The van der Waals surface area contributed by atoms with Gasteiger partial charge in [-0.2, -0.15) is 0 Å². The van der Waals surface area contributed by atoms with Gasteiger partial charge < -0.3 is 19.5 Å². The third-order valence-electron chi connectivity index (χ3n) is 7.17. The molecule has 9 heteroatoms. The Morgan fingerprint density at radius 2 is 1.55 bits per heavy atom. The second kappa shape index (κ2) is 14.8. The van der Waals surface area contributed by atoms with Crippen LogP contribution in [-0.4, -0.2) is 83.6 Å². The maximum atomic E-state index is 13.7. The van der Waals surface area contributed by atoms with Gasteiger partial charge in [0.15, 0.2) is 0 Å². The zero-order chi connectivity index (χ0) is 29.1. The van der Waals surface area contributed by atoms with Gasteiger partial charge in [-0.25, -0.2) is 0 Å². The van der Waals surface area contributed by atoms with Crippen LogP contribution < -0.4 is 4.74 Å². The lowest BCUT2D eigenvalue weighted by Crippen LogP contribution is -2.52. The summed E-state index contributed by atoms with van der Waals surface area (Å²) >= 11 is 1.48. The smallest absolute Gasteiger partial charge is 0.234 e. The molecule has 3 aromatic carbocycles. The van der Waals surface area contributed by atoms with E-state index in [1.165, 1.54) is 11.3 Å². The Morgan fingerprint density at radius 1 is 0.905 bits per heavy atom. The van der Waals surface area contributed by atoms with Gasteiger partial charge in [0.05, 0.1) is 12.5 Å². The van der Waals surface area contributed by atoms with Crippen molar-refractivity contribution in [3.63, 3.8) is 0 Å². The first-order valence-electron chi connectivity index (χ1n) is 14.1. The van der Waals surface area contributed by atoms with Crippen molar-refractivity contribution >= 4 is 29.4 Å². The van der Waals surface area contributed by atoms with Gasteiger partial charge in [0.2, 0.25) is 5.91 Å². The predicted molar refractivity (Wildman–Crippen MR) is 165 cm³/mol. The Labute approximate surface area is 250 Å². The number of aromatic nitrogens is 2. The number of β-amino-alcohol motifs (C(OH)–C–C–N with tert-alkyl or cyclic N) is 1. The van der Waals surface area contributed by atoms with E-state index in [9.17, 15) is 9.90 Å². The van der Waals surface area contributed by atoms with E-state index < -0.39 is 6.10 Å². The minimum absolute atomic E-state index is 0.115. The molecule has 0 aliphatic carbocycles. The highest BCUT2D eigenvalue weighted by molar-refractivity contribution is 7.12. The molecule has 0 saturated carbocycles. The fourth-order valence-electron chi connectivity index (χ4n) is 5.07. The summed E-state index contributed by atoms with van der Waals surface area (Å²) in [6.07, 6.45) is 3.18. The average Bonchev–Trinajstić information content (AvgIpc) is 3.48. The minimum Gasteiger partial charge on any atom is -0.490 e. The van der Waals surface area contributed by atoms with Crippen molar-refractivity contribution in [2.24, 2.45) is 0 Å². The fourth-order valence-corrected chi connectivity index (χ4v) is 5.78. The Bertz CT molecular complexity index is 1400. The zero-order valence-electron chi connectivity index (χ0n) is 23.7. The molecule has 0 bridgehead atoms. The van der Waals surface area contributed by atoms with Crippen LogP contribution in [0.25, 0.3) is 12.2 Å². The normalized spacial score (nSPS) is 14.9. The van der Waals surface area contributed by atoms with Crippen LogP contribution >= 0.6 is 11.3 Å². The molecular formula is C33H36N4O4S. The largest absolute Gasteiger partial charge is 0.490 e. The standard InChI is InChI=1S/C33H36N4O4S/c1-40-24-31-35-34-30(42-31)17-16-25-10-8-9-15-29(25)41-23-28(38)22-36-18-20-37(21-19-36)33(39)32(26-11-4-2-5-12-26)27-13-6-3-7-14-27/h2-17,28,32,38H,18-24H2,1H3. The molecule has 1 saturated heterocycles. The molecule has 218 valence electrons. The molecule has 1 amide bonds. The van der Waals surface area contributed by atoms with Crippen LogP contribution in [0.4, 0.5) is 0 Å². The molecule has 1 aliphatic rings. The molecule has 2 heterocycles. The van der Waals surface area contributed by atoms with Crippen molar-refractivity contribution in [2.45, 2.75) is 18.6 Å². The lowest BCUT2D eigenvalue weighted by molar-refractivity contribution is -0.133. The van der Waals surface area contributed by atoms with Crippen molar-refractivity contribution < 1.29 is 19.4 Å². The number of piperazine rings is 1. The van der Waals surface area contributed by atoms with Crippen LogP contribution in [0.3, 0.4) is 0 Å². The number of hydrogen-bond acceptors (Lipinski definition) is 8. The van der Waals surface area contributed by atoms with Crippen molar-refractivity contribution in [3.8, 4) is 5.75 Å². The third kappa shape index (κ3) is 7.89. The first-order valence-corrected chi connectivity index (χ1v) is 14.9. The summed E-state index contributed by atoms with van der Waals surface area (Å²) in [6, 6.07) is 27.6. The minimum atomic E-state index is -0.662. The number of carbonyl (C=O) groups is 1. The predicted octanol–water partition coefficient (Wildman–Crippen LogP) is 4.57. The molecule has 1 aromatic heterocycles. The van der Waals surface area contributed by atoms with Crippen molar-refractivity contribution in [1.29, 1.82) is 0 Å². The Morgan fingerprint density at radius 3 is 2.21 bits per heavy atom. The number of aliphatic hydroxyl groups is 1. The summed E-state index contributed by atoms with van der Waals surface area (Å²) in [6.45, 7) is 3.73. The number of rotatable bonds is 12. The topological polar surface area (TPSA) is 88.0 Å². The quantitative estimate of drug-likeness (QED) is 0.261. The van der Waals surface area contributed by atoms with Gasteiger partial charge in [-0.1, -0.05) is 90.2 Å². The number of methoxy groups -OCH3 is 1. The highest BCUT2D eigenvalue weighted by Crippen LogP contribution is 2.27. The third-order valence-corrected chi connectivity index (χ3v) is 8.03. The second-order valence-electron chi connectivity index (χ2n) is 10.2. The lowest BCUT2D eigenvalue weighted by atomic mass is 9.90. The van der Waals surface area contributed by atoms with Crippen LogP contribution in [0.15, 0.2) is 84.9 Å². The summed E-state index contributed by atoms with van der Waals surface area (Å²) in [5.74, 6) is 0.480. The summed E-state index contributed by atoms with van der Waals surface area (Å²) in [4.78, 5) is 17.9. The maximum absolute atomic E-state index is 13.7. The van der Waals surface area contributed by atoms with Crippen LogP contribution in [0.2, 0.25) is 0 Å². The highest BCUT2D eigenvalue weighted by Gasteiger charge is 2.30. The van der Waals surface area contributed by atoms with Crippen molar-refractivity contribution in [1.82, 2.24) is 20.0 Å². The fraction of sp³-hybridized carbons (Fsp3) is 0.303. The Hall–Kier alpha value is -3.89. The Balaban J connectivity index is 1.12. The number of hydrogen-bond donors (Lipinski definition) is 1. The highest BCUT2D eigenvalue weighted by atomic mass is 32.1. The van der Waals surface area contributed by atoms with E-state index >= 15 is 0 Å². The molecule has 5 rings (SSSR count). The monoisotopic (exact) mass is 584 g/mol. The number of benzene rings is 3. The van der Waals surface area contributed by atoms with Gasteiger partial charge in [-0.05, 0) is 29.3 Å². The zero-order valence-corrected chi connectivity index (χ0v) is 24.5. The number of para-hydroxylation sites is 1. The van der Waals surface area contributed by atoms with E-state index in [1.54, 1.807) is 7.11 Å². The first kappa shape index (κ1) is 29.6. The van der Waals surface area contributed by atoms with Crippen molar-refractivity contribution in [3.05, 3.63) is 112 Å². The second-order valence-corrected chi connectivity index (χ2v) is 11.3. The number of aliphatic hydroxyl groups excluding tert-OH is 1. The molecule has 1 unspecified atom stereocenters. The van der Waals surface area contributed by atoms with Crippen molar-refractivity contribution in [2.75, 3.05) is 46.4 Å². The van der Waals surface area contributed by atoms with Gasteiger partial charge in [0, 0.05) is 45.4 Å². The molecule has 8 nitrogen and oxygen atoms in total. The molecule has 0 radical (unpaired) electrons. The van der Waals surface area contributed by atoms with E-state index in [4.69, 9.17) is 9.47 Å². The van der Waals surface area contributed by atoms with Crippen LogP contribution in [0.1, 0.15) is 32.6 Å². The first-order chi connectivity index (χ1) is 20.6. The molecule has 1 aliphatic heterocycles. The number of ether oxygens (including phenoxy) is 2. The number of nitrogens with zero attached hydrogens (tertiary/aromatic N) is 4. The molecule has 0 spiro atoms. The molecule has 42 heavy (non-hydrogen) atoms. The van der Waals surface area contributed by atoms with Gasteiger partial charge >= 0.3 is 0 Å². The SMILES string of the molecule is COCc1nnc(C=Cc2ccccc2OCC(O)CN2CCN(C(=O)C(c3ccccc3)c3ccccc3)CC2)s1. The number of carbonyl (C=O) groups excluding carboxylic acids is 1. The van der Waals surface area contributed by atoms with E-state index in [0.29, 0.717) is 45.1 Å². The van der Waals surface area contributed by atoms with E-state index in [2.05, 4.69) is 15.1 Å².